The van der Waals surface area contributed by atoms with E-state index in [9.17, 15) is 13.2 Å². The fraction of sp³-hybridized carbons (Fsp3) is 0.316. The molecule has 0 spiro atoms. The van der Waals surface area contributed by atoms with Gasteiger partial charge < -0.3 is 0 Å². The van der Waals surface area contributed by atoms with Crippen LogP contribution in [-0.2, 0) is 23.6 Å². The molecular weight excluding hydrogens is 378 g/mol. The second-order valence-corrected chi connectivity index (χ2v) is 8.43. The molecule has 28 heavy (non-hydrogen) atoms. The zero-order chi connectivity index (χ0) is 20.5. The molecule has 0 bridgehead atoms. The van der Waals surface area contributed by atoms with Crippen molar-refractivity contribution in [2.75, 3.05) is 6.54 Å². The molecule has 3 rings (SSSR count). The lowest BCUT2D eigenvalue weighted by Gasteiger charge is -2.13. The van der Waals surface area contributed by atoms with Gasteiger partial charge in [-0.3, -0.25) is 9.55 Å². The van der Waals surface area contributed by atoms with Crippen LogP contribution in [0.1, 0.15) is 16.7 Å². The van der Waals surface area contributed by atoms with E-state index in [0.29, 0.717) is 22.6 Å². The van der Waals surface area contributed by atoms with Crippen molar-refractivity contribution in [3.05, 3.63) is 63.7 Å². The Morgan fingerprint density at radius 1 is 1.11 bits per heavy atom. The van der Waals surface area contributed by atoms with Crippen molar-refractivity contribution >= 4 is 10.0 Å². The third-order valence-corrected chi connectivity index (χ3v) is 6.19. The van der Waals surface area contributed by atoms with Crippen molar-refractivity contribution in [1.29, 1.82) is 0 Å². The van der Waals surface area contributed by atoms with Gasteiger partial charge in [0.1, 0.15) is 5.69 Å². The third kappa shape index (κ3) is 3.90. The van der Waals surface area contributed by atoms with Crippen molar-refractivity contribution in [3.8, 4) is 11.5 Å². The van der Waals surface area contributed by atoms with E-state index in [1.54, 1.807) is 39.2 Å². The maximum absolute atomic E-state index is 12.7. The largest absolute Gasteiger partial charge is 0.346 e. The summed E-state index contributed by atoms with van der Waals surface area (Å²) in [7, 11) is -2.08. The average molecular weight is 401 g/mol. The number of nitrogens with one attached hydrogen (secondary N) is 1. The Labute approximate surface area is 163 Å². The van der Waals surface area contributed by atoms with Gasteiger partial charge in [0.2, 0.25) is 10.0 Å². The number of hydrogen-bond donors (Lipinski definition) is 1. The van der Waals surface area contributed by atoms with Crippen LogP contribution in [0.5, 0.6) is 0 Å². The summed E-state index contributed by atoms with van der Waals surface area (Å²) in [4.78, 5) is 16.9. The van der Waals surface area contributed by atoms with Gasteiger partial charge in [-0.1, -0.05) is 23.8 Å². The number of aryl methyl sites for hydroxylation is 3. The Morgan fingerprint density at radius 3 is 2.39 bits per heavy atom. The lowest BCUT2D eigenvalue weighted by Crippen LogP contribution is -2.32. The van der Waals surface area contributed by atoms with Gasteiger partial charge in [-0.05, 0) is 44.0 Å². The molecule has 9 heteroatoms. The lowest BCUT2D eigenvalue weighted by molar-refractivity contribution is 0.550. The summed E-state index contributed by atoms with van der Waals surface area (Å²) >= 11 is 0. The number of rotatable bonds is 6. The van der Waals surface area contributed by atoms with Gasteiger partial charge in [0.25, 0.3) is 0 Å². The molecule has 0 unspecified atom stereocenters. The summed E-state index contributed by atoms with van der Waals surface area (Å²) < 4.78 is 30.6. The van der Waals surface area contributed by atoms with Crippen molar-refractivity contribution in [1.82, 2.24) is 24.1 Å². The van der Waals surface area contributed by atoms with E-state index in [4.69, 9.17) is 0 Å². The Hall–Kier alpha value is -2.78. The van der Waals surface area contributed by atoms with Crippen molar-refractivity contribution in [3.63, 3.8) is 0 Å². The molecule has 148 valence electrons. The van der Waals surface area contributed by atoms with Gasteiger partial charge in [-0.25, -0.2) is 22.6 Å². The second kappa shape index (κ2) is 7.69. The molecule has 0 atom stereocenters. The van der Waals surface area contributed by atoms with E-state index in [1.807, 2.05) is 25.1 Å². The van der Waals surface area contributed by atoms with Gasteiger partial charge in [-0.15, -0.1) is 5.10 Å². The van der Waals surface area contributed by atoms with Crippen LogP contribution in [0.2, 0.25) is 0 Å². The Balaban J connectivity index is 1.78. The molecule has 2 aromatic heterocycles. The van der Waals surface area contributed by atoms with Crippen molar-refractivity contribution < 1.29 is 8.42 Å². The molecule has 0 saturated carbocycles. The standard InChI is InChI=1S/C19H23N5O3S/c1-13-11-14(2)17(15(3)12-13)28(26,27)21-9-10-24-19(25)23(4)18(22-24)16-7-5-6-8-20-16/h5-8,11-12,21H,9-10H2,1-4H3. The van der Waals surface area contributed by atoms with E-state index in [2.05, 4.69) is 14.8 Å². The molecule has 0 aliphatic rings. The molecule has 0 aliphatic heterocycles. The Kier molecular flexibility index (Phi) is 5.48. The van der Waals surface area contributed by atoms with E-state index in [1.165, 1.54) is 9.25 Å². The van der Waals surface area contributed by atoms with Crippen LogP contribution in [0.25, 0.3) is 11.5 Å². The smallest absolute Gasteiger partial charge is 0.277 e. The van der Waals surface area contributed by atoms with E-state index in [-0.39, 0.29) is 23.7 Å². The molecule has 1 aromatic carbocycles. The van der Waals surface area contributed by atoms with E-state index < -0.39 is 10.0 Å². The first-order valence-electron chi connectivity index (χ1n) is 8.83. The maximum atomic E-state index is 12.7. The van der Waals surface area contributed by atoms with Crippen LogP contribution in [0.3, 0.4) is 0 Å². The van der Waals surface area contributed by atoms with E-state index in [0.717, 1.165) is 5.56 Å². The maximum Gasteiger partial charge on any atom is 0.346 e. The fourth-order valence-electron chi connectivity index (χ4n) is 3.30. The highest BCUT2D eigenvalue weighted by Crippen LogP contribution is 2.21. The van der Waals surface area contributed by atoms with Crippen LogP contribution < -0.4 is 10.4 Å². The van der Waals surface area contributed by atoms with Crippen LogP contribution in [0.4, 0.5) is 0 Å². The topological polar surface area (TPSA) is 98.9 Å². The van der Waals surface area contributed by atoms with Crippen LogP contribution in [-0.4, -0.2) is 34.3 Å². The van der Waals surface area contributed by atoms with Gasteiger partial charge in [-0.2, -0.15) is 0 Å². The molecule has 0 fully saturated rings. The van der Waals surface area contributed by atoms with Gasteiger partial charge in [0, 0.05) is 19.8 Å². The monoisotopic (exact) mass is 401 g/mol. The summed E-state index contributed by atoms with van der Waals surface area (Å²) in [5, 5.41) is 4.29. The lowest BCUT2D eigenvalue weighted by atomic mass is 10.1. The van der Waals surface area contributed by atoms with Gasteiger partial charge in [0.15, 0.2) is 5.82 Å². The Bertz CT molecular complexity index is 1140. The first-order valence-corrected chi connectivity index (χ1v) is 10.3. The SMILES string of the molecule is Cc1cc(C)c(S(=O)(=O)NCCn2nc(-c3ccccn3)n(C)c2=O)c(C)c1. The fourth-order valence-corrected chi connectivity index (χ4v) is 4.77. The quantitative estimate of drug-likeness (QED) is 0.676. The molecule has 2 heterocycles. The number of aromatic nitrogens is 4. The molecule has 3 aromatic rings. The van der Waals surface area contributed by atoms with Crippen LogP contribution in [0.15, 0.2) is 46.2 Å². The number of sulfonamides is 1. The average Bonchev–Trinajstić information content (AvgIpc) is 2.90. The summed E-state index contributed by atoms with van der Waals surface area (Å²) in [5.41, 5.74) is 2.64. The minimum Gasteiger partial charge on any atom is -0.277 e. The number of hydrogen-bond acceptors (Lipinski definition) is 5. The van der Waals surface area contributed by atoms with Crippen molar-refractivity contribution in [2.24, 2.45) is 7.05 Å². The predicted molar refractivity (Wildman–Crippen MR) is 107 cm³/mol. The predicted octanol–water partition coefficient (Wildman–Crippen LogP) is 1.55. The molecular formula is C19H23N5O3S. The summed E-state index contributed by atoms with van der Waals surface area (Å²) in [6.07, 6.45) is 1.62. The van der Waals surface area contributed by atoms with Crippen LogP contribution >= 0.6 is 0 Å². The zero-order valence-corrected chi connectivity index (χ0v) is 17.1. The first kappa shape index (κ1) is 20.0. The summed E-state index contributed by atoms with van der Waals surface area (Å²) in [5.74, 6) is 0.429. The zero-order valence-electron chi connectivity index (χ0n) is 16.3. The number of benzene rings is 1. The van der Waals surface area contributed by atoms with Gasteiger partial charge in [0.05, 0.1) is 11.4 Å². The third-order valence-electron chi connectivity index (χ3n) is 4.42. The van der Waals surface area contributed by atoms with Crippen molar-refractivity contribution in [2.45, 2.75) is 32.2 Å². The second-order valence-electron chi connectivity index (χ2n) is 6.73. The number of pyridine rings is 1. The van der Waals surface area contributed by atoms with Crippen LogP contribution in [0, 0.1) is 20.8 Å². The molecule has 1 N–H and O–H groups in total. The Morgan fingerprint density at radius 2 is 1.79 bits per heavy atom. The van der Waals surface area contributed by atoms with E-state index >= 15 is 0 Å². The molecule has 0 saturated heterocycles. The first-order chi connectivity index (χ1) is 13.2. The molecule has 8 nitrogen and oxygen atoms in total. The van der Waals surface area contributed by atoms with Gasteiger partial charge >= 0.3 is 5.69 Å². The number of nitrogens with zero attached hydrogens (tertiary/aromatic N) is 4. The molecule has 0 amide bonds. The highest BCUT2D eigenvalue weighted by molar-refractivity contribution is 7.89. The minimum atomic E-state index is -3.69. The molecule has 0 aliphatic carbocycles. The minimum absolute atomic E-state index is 0.0493. The summed E-state index contributed by atoms with van der Waals surface area (Å²) in [6, 6.07) is 9.03. The highest BCUT2D eigenvalue weighted by Gasteiger charge is 2.20. The highest BCUT2D eigenvalue weighted by atomic mass is 32.2. The normalized spacial score (nSPS) is 11.7. The summed E-state index contributed by atoms with van der Waals surface area (Å²) in [6.45, 7) is 5.64. The molecule has 0 radical (unpaired) electrons.